The second-order valence-corrected chi connectivity index (χ2v) is 6.11. The summed E-state index contributed by atoms with van der Waals surface area (Å²) in [5.41, 5.74) is 1.34. The Morgan fingerprint density at radius 1 is 1.09 bits per heavy atom. The van der Waals surface area contributed by atoms with Gasteiger partial charge >= 0.3 is 0 Å². The molecule has 1 saturated heterocycles. The van der Waals surface area contributed by atoms with Crippen LogP contribution in [0.3, 0.4) is 0 Å². The number of imide groups is 1. The third kappa shape index (κ3) is 3.03. The van der Waals surface area contributed by atoms with E-state index in [9.17, 15) is 14.4 Å². The fraction of sp³-hybridized carbons (Fsp3) is 0.471. The molecule has 5 nitrogen and oxygen atoms in total. The summed E-state index contributed by atoms with van der Waals surface area (Å²) >= 11 is 0. The highest BCUT2D eigenvalue weighted by molar-refractivity contribution is 6.02. The van der Waals surface area contributed by atoms with Crippen molar-refractivity contribution in [3.63, 3.8) is 0 Å². The van der Waals surface area contributed by atoms with Gasteiger partial charge in [0.25, 0.3) is 0 Å². The number of nitrogens with zero attached hydrogens (tertiary/aromatic N) is 1. The zero-order valence-electron chi connectivity index (χ0n) is 12.5. The van der Waals surface area contributed by atoms with Crippen molar-refractivity contribution in [2.24, 2.45) is 0 Å². The van der Waals surface area contributed by atoms with E-state index < -0.39 is 0 Å². The van der Waals surface area contributed by atoms with Crippen LogP contribution in [0.5, 0.6) is 0 Å². The second kappa shape index (κ2) is 5.91. The van der Waals surface area contributed by atoms with Gasteiger partial charge in [-0.15, -0.1) is 0 Å². The van der Waals surface area contributed by atoms with Gasteiger partial charge in [-0.1, -0.05) is 30.3 Å². The quantitative estimate of drug-likeness (QED) is 0.807. The van der Waals surface area contributed by atoms with E-state index in [1.165, 1.54) is 10.5 Å². The Labute approximate surface area is 129 Å². The van der Waals surface area contributed by atoms with Gasteiger partial charge in [-0.2, -0.15) is 0 Å². The molecule has 1 aliphatic carbocycles. The summed E-state index contributed by atoms with van der Waals surface area (Å²) in [5.74, 6) is -0.434. The first-order chi connectivity index (χ1) is 10.6. The summed E-state index contributed by atoms with van der Waals surface area (Å²) in [6.45, 7) is 0.819. The van der Waals surface area contributed by atoms with E-state index in [-0.39, 0.29) is 48.9 Å². The topological polar surface area (TPSA) is 66.5 Å². The molecule has 3 rings (SSSR count). The highest BCUT2D eigenvalue weighted by Crippen LogP contribution is 2.47. The number of benzene rings is 1. The maximum atomic E-state index is 12.0. The van der Waals surface area contributed by atoms with Crippen LogP contribution in [0.1, 0.15) is 37.7 Å². The monoisotopic (exact) mass is 300 g/mol. The van der Waals surface area contributed by atoms with Gasteiger partial charge in [-0.05, 0) is 18.4 Å². The lowest BCUT2D eigenvalue weighted by molar-refractivity contribution is -0.138. The van der Waals surface area contributed by atoms with Crippen molar-refractivity contribution in [1.29, 1.82) is 0 Å². The molecular formula is C17H20N2O3. The molecule has 0 atom stereocenters. The van der Waals surface area contributed by atoms with Gasteiger partial charge in [0.15, 0.2) is 0 Å². The third-order valence-electron chi connectivity index (χ3n) is 4.58. The Morgan fingerprint density at radius 2 is 1.73 bits per heavy atom. The van der Waals surface area contributed by atoms with Crippen LogP contribution >= 0.6 is 0 Å². The molecule has 0 spiro atoms. The van der Waals surface area contributed by atoms with Crippen LogP contribution in [0, 0.1) is 0 Å². The Bertz CT molecular complexity index is 577. The van der Waals surface area contributed by atoms with Crippen molar-refractivity contribution in [1.82, 2.24) is 10.2 Å². The summed E-state index contributed by atoms with van der Waals surface area (Å²) in [4.78, 5) is 36.1. The molecule has 2 fully saturated rings. The molecule has 0 bridgehead atoms. The minimum atomic E-state index is -0.166. The molecule has 116 valence electrons. The molecule has 1 aliphatic heterocycles. The number of rotatable bonds is 6. The molecule has 1 saturated carbocycles. The van der Waals surface area contributed by atoms with Gasteiger partial charge in [0.05, 0.1) is 0 Å². The smallest absolute Gasteiger partial charge is 0.229 e. The lowest BCUT2D eigenvalue weighted by atomic mass is 9.96. The molecule has 0 aromatic heterocycles. The van der Waals surface area contributed by atoms with Gasteiger partial charge in [-0.3, -0.25) is 19.3 Å². The lowest BCUT2D eigenvalue weighted by Crippen LogP contribution is -2.36. The third-order valence-corrected chi connectivity index (χ3v) is 4.58. The van der Waals surface area contributed by atoms with E-state index >= 15 is 0 Å². The van der Waals surface area contributed by atoms with E-state index in [1.54, 1.807) is 0 Å². The number of hydrogen-bond acceptors (Lipinski definition) is 3. The highest BCUT2D eigenvalue weighted by atomic mass is 16.2. The average Bonchev–Trinajstić information content (AvgIpc) is 3.26. The van der Waals surface area contributed by atoms with Gasteiger partial charge < -0.3 is 5.32 Å². The van der Waals surface area contributed by atoms with Gasteiger partial charge in [0, 0.05) is 37.8 Å². The Kier molecular flexibility index (Phi) is 3.96. The molecule has 5 heteroatoms. The maximum absolute atomic E-state index is 12.0. The lowest BCUT2D eigenvalue weighted by Gasteiger charge is -2.17. The van der Waals surface area contributed by atoms with Gasteiger partial charge in [0.1, 0.15) is 0 Å². The minimum Gasteiger partial charge on any atom is -0.355 e. The molecule has 22 heavy (non-hydrogen) atoms. The SMILES string of the molecule is O=C(CCN1C(=O)CCC1=O)NCC1(c2ccccc2)CC1. The van der Waals surface area contributed by atoms with Crippen molar-refractivity contribution in [2.45, 2.75) is 37.5 Å². The summed E-state index contributed by atoms with van der Waals surface area (Å²) < 4.78 is 0. The predicted octanol–water partition coefficient (Wildman–Crippen LogP) is 1.37. The number of carbonyl (C=O) groups excluding carboxylic acids is 3. The first-order valence-corrected chi connectivity index (χ1v) is 7.76. The molecule has 3 amide bonds. The second-order valence-electron chi connectivity index (χ2n) is 6.11. The first-order valence-electron chi connectivity index (χ1n) is 7.76. The van der Waals surface area contributed by atoms with Crippen LogP contribution in [-0.2, 0) is 19.8 Å². The Balaban J connectivity index is 1.47. The fourth-order valence-electron chi connectivity index (χ4n) is 2.95. The van der Waals surface area contributed by atoms with Crippen molar-refractivity contribution in [3.8, 4) is 0 Å². The van der Waals surface area contributed by atoms with Crippen LogP contribution in [0.25, 0.3) is 0 Å². The normalized spacial score (nSPS) is 19.4. The van der Waals surface area contributed by atoms with Crippen LogP contribution in [0.15, 0.2) is 30.3 Å². The number of amides is 3. The van der Waals surface area contributed by atoms with E-state index in [2.05, 4.69) is 17.4 Å². The number of carbonyl (C=O) groups is 3. The largest absolute Gasteiger partial charge is 0.355 e. The molecule has 0 radical (unpaired) electrons. The standard InChI is InChI=1S/C17H20N2O3/c20-14(8-11-19-15(21)6-7-16(19)22)18-12-17(9-10-17)13-4-2-1-3-5-13/h1-5H,6-12H2,(H,18,20). The Hall–Kier alpha value is -2.17. The molecule has 1 N–H and O–H groups in total. The van der Waals surface area contributed by atoms with Crippen LogP contribution in [0.2, 0.25) is 0 Å². The average molecular weight is 300 g/mol. The molecule has 1 aromatic rings. The van der Waals surface area contributed by atoms with E-state index in [4.69, 9.17) is 0 Å². The molecule has 2 aliphatic rings. The summed E-state index contributed by atoms with van der Waals surface area (Å²) in [6.07, 6.45) is 2.90. The van der Waals surface area contributed by atoms with Crippen LogP contribution < -0.4 is 5.32 Å². The van der Waals surface area contributed by atoms with Crippen LogP contribution in [0.4, 0.5) is 0 Å². The maximum Gasteiger partial charge on any atom is 0.229 e. The van der Waals surface area contributed by atoms with Gasteiger partial charge in [0.2, 0.25) is 17.7 Å². The zero-order valence-corrected chi connectivity index (χ0v) is 12.5. The summed E-state index contributed by atoms with van der Waals surface area (Å²) in [6, 6.07) is 10.2. The van der Waals surface area contributed by atoms with E-state index in [0.29, 0.717) is 6.54 Å². The summed E-state index contributed by atoms with van der Waals surface area (Å²) in [5, 5.41) is 2.95. The highest BCUT2D eigenvalue weighted by Gasteiger charge is 2.44. The molecule has 1 heterocycles. The number of hydrogen-bond donors (Lipinski definition) is 1. The van der Waals surface area contributed by atoms with Crippen molar-refractivity contribution >= 4 is 17.7 Å². The van der Waals surface area contributed by atoms with Crippen molar-refractivity contribution < 1.29 is 14.4 Å². The molecule has 0 unspecified atom stereocenters. The van der Waals surface area contributed by atoms with E-state index in [1.807, 2.05) is 18.2 Å². The molecular weight excluding hydrogens is 280 g/mol. The fourth-order valence-corrected chi connectivity index (χ4v) is 2.95. The number of nitrogens with one attached hydrogen (secondary N) is 1. The van der Waals surface area contributed by atoms with E-state index in [0.717, 1.165) is 12.8 Å². The van der Waals surface area contributed by atoms with Crippen molar-refractivity contribution in [2.75, 3.05) is 13.1 Å². The van der Waals surface area contributed by atoms with Crippen LogP contribution in [-0.4, -0.2) is 35.7 Å². The minimum absolute atomic E-state index is 0.0796. The summed E-state index contributed by atoms with van der Waals surface area (Å²) in [7, 11) is 0. The Morgan fingerprint density at radius 3 is 2.32 bits per heavy atom. The first kappa shape index (κ1) is 14.8. The van der Waals surface area contributed by atoms with Crippen molar-refractivity contribution in [3.05, 3.63) is 35.9 Å². The predicted molar refractivity (Wildman–Crippen MR) is 80.9 cm³/mol. The number of likely N-dealkylation sites (tertiary alicyclic amines) is 1. The van der Waals surface area contributed by atoms with Gasteiger partial charge in [-0.25, -0.2) is 0 Å². The molecule has 1 aromatic carbocycles. The zero-order chi connectivity index (χ0) is 15.6.